The van der Waals surface area contributed by atoms with Gasteiger partial charge in [0.2, 0.25) is 6.29 Å². The smallest absolute Gasteiger partial charge is 0.213 e. The molecule has 1 aliphatic carbocycles. The lowest BCUT2D eigenvalue weighted by Crippen LogP contribution is -2.39. The van der Waals surface area contributed by atoms with Gasteiger partial charge >= 0.3 is 0 Å². The molecular weight excluding hydrogens is 240 g/mol. The quantitative estimate of drug-likeness (QED) is 0.742. The van der Waals surface area contributed by atoms with E-state index in [-0.39, 0.29) is 0 Å². The van der Waals surface area contributed by atoms with Crippen molar-refractivity contribution in [1.82, 2.24) is 10.9 Å². The maximum atomic E-state index is 10.2. The molecule has 1 aliphatic heterocycles. The first-order valence-electron chi connectivity index (χ1n) is 6.83. The molecule has 1 fully saturated rings. The lowest BCUT2D eigenvalue weighted by molar-refractivity contribution is 0.481. The van der Waals surface area contributed by atoms with E-state index in [1.165, 1.54) is 12.1 Å². The highest BCUT2D eigenvalue weighted by atomic mass is 16.1. The third kappa shape index (κ3) is 2.72. The van der Waals surface area contributed by atoms with E-state index in [9.17, 15) is 4.79 Å². The number of rotatable bonds is 5. The number of fused-ring (bicyclic) bond motifs is 1. The van der Waals surface area contributed by atoms with Gasteiger partial charge in [-0.1, -0.05) is 12.1 Å². The molecule has 0 bridgehead atoms. The van der Waals surface area contributed by atoms with Gasteiger partial charge in [0.1, 0.15) is 0 Å². The molecule has 1 saturated carbocycles. The van der Waals surface area contributed by atoms with Gasteiger partial charge in [0.25, 0.3) is 0 Å². The predicted molar refractivity (Wildman–Crippen MR) is 75.4 cm³/mol. The number of carbonyl (C=O) groups excluding carboxylic acids is 1. The van der Waals surface area contributed by atoms with Crippen molar-refractivity contribution in [2.45, 2.75) is 25.3 Å². The number of hydrogen-bond acceptors (Lipinski definition) is 5. The Labute approximate surface area is 113 Å². The summed E-state index contributed by atoms with van der Waals surface area (Å²) < 4.78 is 0. The molecule has 5 heteroatoms. The van der Waals surface area contributed by atoms with Crippen LogP contribution in [0.4, 0.5) is 11.4 Å². The molecule has 2 atom stereocenters. The summed E-state index contributed by atoms with van der Waals surface area (Å²) in [6, 6.07) is 8.75. The minimum absolute atomic E-state index is 0.351. The zero-order valence-corrected chi connectivity index (χ0v) is 10.9. The second kappa shape index (κ2) is 5.59. The van der Waals surface area contributed by atoms with E-state index >= 15 is 0 Å². The molecule has 3 N–H and O–H groups in total. The largest absolute Gasteiger partial charge is 0.307 e. The summed E-state index contributed by atoms with van der Waals surface area (Å²) in [6.45, 7) is 1.34. The van der Waals surface area contributed by atoms with Gasteiger partial charge in [-0.2, -0.15) is 0 Å². The number of hydrazine groups is 2. The first kappa shape index (κ1) is 12.4. The summed E-state index contributed by atoms with van der Waals surface area (Å²) in [4.78, 5) is 10.2. The summed E-state index contributed by atoms with van der Waals surface area (Å²) >= 11 is 0. The van der Waals surface area contributed by atoms with Gasteiger partial charge < -0.3 is 10.7 Å². The normalized spacial score (nSPS) is 25.2. The van der Waals surface area contributed by atoms with Crippen molar-refractivity contribution in [2.75, 3.05) is 23.5 Å². The Morgan fingerprint density at radius 3 is 3.16 bits per heavy atom. The van der Waals surface area contributed by atoms with Gasteiger partial charge in [-0.05, 0) is 37.3 Å². The lowest BCUT2D eigenvalue weighted by atomic mass is 10.1. The van der Waals surface area contributed by atoms with Crippen molar-refractivity contribution in [3.05, 3.63) is 24.3 Å². The summed E-state index contributed by atoms with van der Waals surface area (Å²) in [5.74, 6) is 0.657. The molecule has 101 valence electrons. The predicted octanol–water partition coefficient (Wildman–Crippen LogP) is 1.21. The van der Waals surface area contributed by atoms with E-state index in [1.807, 2.05) is 12.4 Å². The number of anilines is 2. The van der Waals surface area contributed by atoms with Gasteiger partial charge in [0, 0.05) is 12.6 Å². The number of nitrogens with zero attached hydrogens (tertiary/aromatic N) is 1. The summed E-state index contributed by atoms with van der Waals surface area (Å²) in [5, 5.41) is 5.40. The first-order chi connectivity index (χ1) is 9.36. The van der Waals surface area contributed by atoms with Crippen LogP contribution in [-0.4, -0.2) is 25.4 Å². The van der Waals surface area contributed by atoms with Crippen LogP contribution in [0.5, 0.6) is 0 Å². The van der Waals surface area contributed by atoms with Crippen molar-refractivity contribution in [3.63, 3.8) is 0 Å². The third-order valence-electron chi connectivity index (χ3n) is 3.97. The third-order valence-corrected chi connectivity index (χ3v) is 3.97. The SMILES string of the molecule is O=[C]CN[C@@H]1CC[C@H](CN2NNc3ccccc32)C1. The average Bonchev–Trinajstić information content (AvgIpc) is 3.05. The highest BCUT2D eigenvalue weighted by molar-refractivity contribution is 5.72. The van der Waals surface area contributed by atoms with Gasteiger partial charge in [-0.15, -0.1) is 5.53 Å². The maximum Gasteiger partial charge on any atom is 0.213 e. The monoisotopic (exact) mass is 259 g/mol. The molecule has 0 unspecified atom stereocenters. The molecule has 0 aromatic heterocycles. The Bertz CT molecular complexity index is 451. The zero-order chi connectivity index (χ0) is 13.1. The minimum atomic E-state index is 0.351. The standard InChI is InChI=1S/C14H19N4O/c19-8-7-15-12-6-5-11(9-12)10-18-14-4-2-1-3-13(14)16-17-18/h1-4,11-12,15-17H,5-7,9-10H2/t11-,12+/m0/s1. The van der Waals surface area contributed by atoms with E-state index in [0.29, 0.717) is 18.5 Å². The highest BCUT2D eigenvalue weighted by Crippen LogP contribution is 2.32. The van der Waals surface area contributed by atoms with Crippen molar-refractivity contribution in [1.29, 1.82) is 0 Å². The van der Waals surface area contributed by atoms with Crippen LogP contribution in [0.15, 0.2) is 24.3 Å². The second-order valence-corrected chi connectivity index (χ2v) is 5.27. The average molecular weight is 259 g/mol. The van der Waals surface area contributed by atoms with Gasteiger partial charge in [0.05, 0.1) is 17.9 Å². The van der Waals surface area contributed by atoms with Crippen LogP contribution in [0.1, 0.15) is 19.3 Å². The summed E-state index contributed by atoms with van der Waals surface area (Å²) in [7, 11) is 0. The van der Waals surface area contributed by atoms with Crippen LogP contribution in [0.3, 0.4) is 0 Å². The van der Waals surface area contributed by atoms with Crippen molar-refractivity contribution >= 4 is 17.7 Å². The van der Waals surface area contributed by atoms with E-state index in [2.05, 4.69) is 39.5 Å². The molecule has 0 spiro atoms. The van der Waals surface area contributed by atoms with Gasteiger partial charge in [-0.3, -0.25) is 9.80 Å². The molecule has 19 heavy (non-hydrogen) atoms. The van der Waals surface area contributed by atoms with E-state index < -0.39 is 0 Å². The minimum Gasteiger partial charge on any atom is -0.307 e. The molecular formula is C14H19N4O. The Kier molecular flexibility index (Phi) is 3.66. The molecule has 1 aromatic carbocycles. The maximum absolute atomic E-state index is 10.2. The number of benzene rings is 1. The van der Waals surface area contributed by atoms with E-state index in [4.69, 9.17) is 0 Å². The summed E-state index contributed by atoms with van der Waals surface area (Å²) in [5.41, 5.74) is 8.72. The Morgan fingerprint density at radius 1 is 1.37 bits per heavy atom. The van der Waals surface area contributed by atoms with Crippen LogP contribution in [0.25, 0.3) is 0 Å². The number of para-hydroxylation sites is 2. The molecule has 5 nitrogen and oxygen atoms in total. The number of nitrogens with one attached hydrogen (secondary N) is 3. The molecule has 1 aromatic rings. The van der Waals surface area contributed by atoms with Crippen LogP contribution in [0, 0.1) is 5.92 Å². The molecule has 0 saturated heterocycles. The molecule has 1 radical (unpaired) electrons. The topological polar surface area (TPSA) is 56.4 Å². The fourth-order valence-electron chi connectivity index (χ4n) is 3.02. The van der Waals surface area contributed by atoms with Crippen LogP contribution in [0.2, 0.25) is 0 Å². The Hall–Kier alpha value is -1.59. The van der Waals surface area contributed by atoms with Crippen LogP contribution < -0.4 is 21.3 Å². The highest BCUT2D eigenvalue weighted by Gasteiger charge is 2.28. The van der Waals surface area contributed by atoms with E-state index in [0.717, 1.165) is 25.1 Å². The first-order valence-corrected chi connectivity index (χ1v) is 6.83. The zero-order valence-electron chi connectivity index (χ0n) is 10.9. The molecule has 0 amide bonds. The van der Waals surface area contributed by atoms with Crippen molar-refractivity contribution in [2.24, 2.45) is 5.92 Å². The van der Waals surface area contributed by atoms with Crippen LogP contribution >= 0.6 is 0 Å². The Morgan fingerprint density at radius 2 is 2.26 bits per heavy atom. The van der Waals surface area contributed by atoms with Gasteiger partial charge in [-0.25, -0.2) is 0 Å². The molecule has 2 aliphatic rings. The lowest BCUT2D eigenvalue weighted by Gasteiger charge is -2.22. The van der Waals surface area contributed by atoms with E-state index in [1.54, 1.807) is 0 Å². The fourth-order valence-corrected chi connectivity index (χ4v) is 3.02. The van der Waals surface area contributed by atoms with Crippen molar-refractivity contribution in [3.8, 4) is 0 Å². The summed E-state index contributed by atoms with van der Waals surface area (Å²) in [6.07, 6.45) is 5.38. The molecule has 1 heterocycles. The Balaban J connectivity index is 1.55. The van der Waals surface area contributed by atoms with Gasteiger partial charge in [0.15, 0.2) is 0 Å². The van der Waals surface area contributed by atoms with Crippen molar-refractivity contribution < 1.29 is 4.79 Å². The number of hydrogen-bond donors (Lipinski definition) is 3. The fraction of sp³-hybridized carbons (Fsp3) is 0.500. The molecule has 3 rings (SSSR count). The second-order valence-electron chi connectivity index (χ2n) is 5.27. The van der Waals surface area contributed by atoms with Crippen LogP contribution in [-0.2, 0) is 4.79 Å².